The van der Waals surface area contributed by atoms with Gasteiger partial charge in [0.1, 0.15) is 0 Å². The molecule has 0 unspecified atom stereocenters. The Hall–Kier alpha value is -4.05. The number of benzene rings is 4. The summed E-state index contributed by atoms with van der Waals surface area (Å²) in [4.78, 5) is 5.74. The highest BCUT2D eigenvalue weighted by Crippen LogP contribution is 2.33. The van der Waals surface area contributed by atoms with Gasteiger partial charge in [0.25, 0.3) is 0 Å². The fourth-order valence-electron chi connectivity index (χ4n) is 6.16. The molecule has 0 amide bonds. The van der Waals surface area contributed by atoms with Crippen molar-refractivity contribution in [2.45, 2.75) is 79.1 Å². The van der Waals surface area contributed by atoms with E-state index in [-0.39, 0.29) is 6.85 Å². The van der Waals surface area contributed by atoms with Crippen LogP contribution >= 0.6 is 0 Å². The molecule has 0 aliphatic rings. The van der Waals surface area contributed by atoms with E-state index in [1.165, 1.54) is 44.6 Å². The molecule has 5 aromatic rings. The molecule has 1 heterocycles. The van der Waals surface area contributed by atoms with Crippen LogP contribution in [0.2, 0.25) is 0 Å². The molecule has 0 saturated heterocycles. The number of para-hydroxylation sites is 2. The summed E-state index contributed by atoms with van der Waals surface area (Å²) in [5.74, 6) is 1.47. The first kappa shape index (κ1) is 30.4. The predicted octanol–water partition coefficient (Wildman–Crippen LogP) is 8.47. The lowest BCUT2D eigenvalue weighted by Crippen LogP contribution is -2.44. The quantitative estimate of drug-likeness (QED) is 0.160. The van der Waals surface area contributed by atoms with Gasteiger partial charge in [0.05, 0.1) is 11.4 Å². The lowest BCUT2D eigenvalue weighted by Gasteiger charge is -2.23. The van der Waals surface area contributed by atoms with Crippen molar-refractivity contribution in [1.29, 1.82) is 0 Å². The maximum absolute atomic E-state index is 5.74. The standard InChI is InChI=1S/C39H46BN3/c1-27(2)33-21-15-22-34(28(3)4)37(33)42-25-26-43(38-35(29(5)6)23-16-24-36(38)30(7)8)39(42)41-40(31-17-11-9-12-18-31)32-19-13-10-14-20-32/h9-30H,1-8H3. The minimum absolute atomic E-state index is 0.162. The summed E-state index contributed by atoms with van der Waals surface area (Å²) >= 11 is 0. The molecule has 1 aromatic heterocycles. The molecule has 0 aliphatic heterocycles. The van der Waals surface area contributed by atoms with Crippen molar-refractivity contribution in [2.24, 2.45) is 4.90 Å². The highest BCUT2D eigenvalue weighted by Gasteiger charge is 2.24. The van der Waals surface area contributed by atoms with E-state index in [0.717, 1.165) is 5.62 Å². The topological polar surface area (TPSA) is 22.2 Å². The molecule has 0 aliphatic carbocycles. The molecule has 4 heteroatoms. The minimum atomic E-state index is -0.162. The van der Waals surface area contributed by atoms with Gasteiger partial charge >= 0.3 is 6.85 Å². The van der Waals surface area contributed by atoms with Crippen LogP contribution in [0.15, 0.2) is 114 Å². The van der Waals surface area contributed by atoms with Crippen LogP contribution in [0.4, 0.5) is 0 Å². The molecule has 0 N–H and O–H groups in total. The fraction of sp³-hybridized carbons (Fsp3) is 0.308. The van der Waals surface area contributed by atoms with Crippen LogP contribution in [0, 0.1) is 0 Å². The molecule has 0 bridgehead atoms. The van der Waals surface area contributed by atoms with Gasteiger partial charge < -0.3 is 0 Å². The second-order valence-electron chi connectivity index (χ2n) is 12.9. The second kappa shape index (κ2) is 13.1. The fourth-order valence-corrected chi connectivity index (χ4v) is 6.16. The predicted molar refractivity (Wildman–Crippen MR) is 185 cm³/mol. The summed E-state index contributed by atoms with van der Waals surface area (Å²) < 4.78 is 4.73. The molecular weight excluding hydrogens is 521 g/mol. The zero-order valence-electron chi connectivity index (χ0n) is 27.1. The summed E-state index contributed by atoms with van der Waals surface area (Å²) in [6, 6.07) is 35.0. The number of imidazole rings is 1. The summed E-state index contributed by atoms with van der Waals surface area (Å²) in [6.45, 7) is 18.2. The van der Waals surface area contributed by atoms with Gasteiger partial charge in [-0.3, -0.25) is 14.0 Å². The van der Waals surface area contributed by atoms with E-state index in [1.54, 1.807) is 0 Å². The molecule has 4 aromatic carbocycles. The van der Waals surface area contributed by atoms with E-state index >= 15 is 0 Å². The number of hydrogen-bond acceptors (Lipinski definition) is 1. The molecule has 0 atom stereocenters. The number of rotatable bonds is 9. The summed E-state index contributed by atoms with van der Waals surface area (Å²) in [6.07, 6.45) is 4.47. The molecule has 0 radical (unpaired) electrons. The van der Waals surface area contributed by atoms with Crippen molar-refractivity contribution in [1.82, 2.24) is 9.13 Å². The molecule has 220 valence electrons. The van der Waals surface area contributed by atoms with Crippen LogP contribution in [0.3, 0.4) is 0 Å². The van der Waals surface area contributed by atoms with Gasteiger partial charge in [-0.15, -0.1) is 0 Å². The molecule has 0 saturated carbocycles. The first-order valence-corrected chi connectivity index (χ1v) is 15.9. The van der Waals surface area contributed by atoms with E-state index in [1.807, 2.05) is 0 Å². The highest BCUT2D eigenvalue weighted by molar-refractivity contribution is 6.83. The van der Waals surface area contributed by atoms with Crippen LogP contribution in [-0.4, -0.2) is 16.0 Å². The van der Waals surface area contributed by atoms with Crippen molar-refractivity contribution < 1.29 is 0 Å². The van der Waals surface area contributed by atoms with Gasteiger partial charge in [-0.05, 0) is 56.9 Å². The van der Waals surface area contributed by atoms with E-state index in [9.17, 15) is 0 Å². The average Bonchev–Trinajstić information content (AvgIpc) is 3.42. The Morgan fingerprint density at radius 1 is 0.442 bits per heavy atom. The number of aromatic nitrogens is 2. The van der Waals surface area contributed by atoms with Gasteiger partial charge in [0.2, 0.25) is 5.62 Å². The summed E-state index contributed by atoms with van der Waals surface area (Å²) in [5.41, 5.74) is 11.1. The Labute approximate surface area is 259 Å². The normalized spacial score (nSPS) is 11.6. The monoisotopic (exact) mass is 567 g/mol. The largest absolute Gasteiger partial charge is 0.349 e. The zero-order valence-corrected chi connectivity index (χ0v) is 27.1. The number of hydrogen-bond donors (Lipinski definition) is 0. The van der Waals surface area contributed by atoms with E-state index < -0.39 is 0 Å². The van der Waals surface area contributed by atoms with Crippen LogP contribution in [0.25, 0.3) is 11.4 Å². The smallest absolute Gasteiger partial charge is 0.299 e. The van der Waals surface area contributed by atoms with Crippen molar-refractivity contribution in [2.75, 3.05) is 0 Å². The van der Waals surface area contributed by atoms with Crippen molar-refractivity contribution in [3.8, 4) is 11.4 Å². The Morgan fingerprint density at radius 3 is 1.07 bits per heavy atom. The maximum atomic E-state index is 5.74. The average molecular weight is 568 g/mol. The third-order valence-corrected chi connectivity index (χ3v) is 8.44. The highest BCUT2D eigenvalue weighted by atomic mass is 15.2. The molecular formula is C39H46BN3. The van der Waals surface area contributed by atoms with Gasteiger partial charge in [-0.25, -0.2) is 0 Å². The minimum Gasteiger partial charge on any atom is -0.299 e. The summed E-state index contributed by atoms with van der Waals surface area (Å²) in [5, 5.41) is 0. The van der Waals surface area contributed by atoms with Gasteiger partial charge in [0, 0.05) is 12.4 Å². The zero-order chi connectivity index (χ0) is 30.7. The van der Waals surface area contributed by atoms with Crippen molar-refractivity contribution in [3.63, 3.8) is 0 Å². The van der Waals surface area contributed by atoms with Gasteiger partial charge in [0.15, 0.2) is 0 Å². The van der Waals surface area contributed by atoms with Gasteiger partial charge in [-0.1, -0.05) is 152 Å². The van der Waals surface area contributed by atoms with E-state index in [0.29, 0.717) is 23.7 Å². The summed E-state index contributed by atoms with van der Waals surface area (Å²) in [7, 11) is 0. The SMILES string of the molecule is CC(C)c1cccc(C(C)C)c1-n1ccn(-c2c(C(C)C)cccc2C(C)C)c1=NB(c1ccccc1)c1ccccc1. The van der Waals surface area contributed by atoms with Crippen LogP contribution in [-0.2, 0) is 0 Å². The third kappa shape index (κ3) is 6.20. The Bertz CT molecular complexity index is 1550. The van der Waals surface area contributed by atoms with Crippen LogP contribution < -0.4 is 16.5 Å². The lowest BCUT2D eigenvalue weighted by molar-refractivity contribution is 0.764. The Kier molecular flexibility index (Phi) is 9.25. The Morgan fingerprint density at radius 2 is 0.767 bits per heavy atom. The third-order valence-electron chi connectivity index (χ3n) is 8.44. The number of nitrogens with zero attached hydrogens (tertiary/aromatic N) is 3. The van der Waals surface area contributed by atoms with Gasteiger partial charge in [-0.2, -0.15) is 0 Å². The molecule has 5 rings (SSSR count). The molecule has 0 spiro atoms. The molecule has 3 nitrogen and oxygen atoms in total. The lowest BCUT2D eigenvalue weighted by atomic mass is 9.51. The first-order valence-electron chi connectivity index (χ1n) is 15.9. The van der Waals surface area contributed by atoms with Crippen LogP contribution in [0.1, 0.15) is 101 Å². The maximum Gasteiger partial charge on any atom is 0.349 e. The van der Waals surface area contributed by atoms with Crippen molar-refractivity contribution in [3.05, 3.63) is 137 Å². The molecule has 0 fully saturated rings. The van der Waals surface area contributed by atoms with E-state index in [2.05, 4.69) is 174 Å². The molecule has 43 heavy (non-hydrogen) atoms. The van der Waals surface area contributed by atoms with E-state index in [4.69, 9.17) is 4.90 Å². The van der Waals surface area contributed by atoms with Crippen LogP contribution in [0.5, 0.6) is 0 Å². The van der Waals surface area contributed by atoms with Crippen molar-refractivity contribution >= 4 is 17.8 Å². The Balaban J connectivity index is 1.95. The first-order chi connectivity index (χ1) is 20.7. The second-order valence-corrected chi connectivity index (χ2v) is 12.9.